The first kappa shape index (κ1) is 16.0. The summed E-state index contributed by atoms with van der Waals surface area (Å²) in [5.74, 6) is 0. The monoisotopic (exact) mass is 288 g/mol. The van der Waals surface area contributed by atoms with Gasteiger partial charge in [-0.25, -0.2) is 4.79 Å². The average Bonchev–Trinajstić information content (AvgIpc) is 2.30. The molecule has 0 radical (unpaired) electrons. The van der Waals surface area contributed by atoms with Gasteiger partial charge in [0.2, 0.25) is 0 Å². The Morgan fingerprint density at radius 1 is 1.32 bits per heavy atom. The zero-order chi connectivity index (χ0) is 14.6. The van der Waals surface area contributed by atoms with Crippen LogP contribution in [0.5, 0.6) is 0 Å². The highest BCUT2D eigenvalue weighted by molar-refractivity contribution is 6.30. The maximum Gasteiger partial charge on any atom is 0.329 e. The molecule has 1 heterocycles. The molecule has 1 rings (SSSR count). The van der Waals surface area contributed by atoms with Crippen molar-refractivity contribution in [3.63, 3.8) is 0 Å². The van der Waals surface area contributed by atoms with Gasteiger partial charge in [0, 0.05) is 6.61 Å². The maximum atomic E-state index is 12.3. The molecule has 1 aromatic heterocycles. The van der Waals surface area contributed by atoms with Gasteiger partial charge in [0.25, 0.3) is 5.56 Å². The van der Waals surface area contributed by atoms with E-state index in [2.05, 4.69) is 4.98 Å². The SMILES string of the molecule is CCCc1c(Cl)[nH]c(=O)n(CC(C)(C)OCC)c1=O. The van der Waals surface area contributed by atoms with Crippen molar-refractivity contribution in [1.29, 1.82) is 0 Å². The molecule has 0 aliphatic heterocycles. The molecule has 0 unspecified atom stereocenters. The lowest BCUT2D eigenvalue weighted by molar-refractivity contribution is -0.0239. The molecule has 0 spiro atoms. The highest BCUT2D eigenvalue weighted by atomic mass is 35.5. The Morgan fingerprint density at radius 3 is 2.47 bits per heavy atom. The van der Waals surface area contributed by atoms with Crippen molar-refractivity contribution in [2.24, 2.45) is 0 Å². The molecule has 0 fully saturated rings. The van der Waals surface area contributed by atoms with Gasteiger partial charge >= 0.3 is 5.69 Å². The van der Waals surface area contributed by atoms with Crippen molar-refractivity contribution in [2.75, 3.05) is 6.61 Å². The second kappa shape index (κ2) is 6.39. The normalized spacial score (nSPS) is 11.8. The summed E-state index contributed by atoms with van der Waals surface area (Å²) in [6.45, 7) is 8.24. The molecular formula is C13H21ClN2O3. The Bertz CT molecular complexity index is 546. The molecule has 19 heavy (non-hydrogen) atoms. The summed E-state index contributed by atoms with van der Waals surface area (Å²) in [5.41, 5.74) is -0.954. The summed E-state index contributed by atoms with van der Waals surface area (Å²) in [7, 11) is 0. The third kappa shape index (κ3) is 3.94. The molecule has 1 N–H and O–H groups in total. The van der Waals surface area contributed by atoms with Crippen molar-refractivity contribution in [3.8, 4) is 0 Å². The van der Waals surface area contributed by atoms with Crippen LogP contribution in [0.25, 0.3) is 0 Å². The quantitative estimate of drug-likeness (QED) is 0.814. The Hall–Kier alpha value is -1.07. The third-order valence-corrected chi connectivity index (χ3v) is 3.13. The van der Waals surface area contributed by atoms with Crippen LogP contribution in [0.4, 0.5) is 0 Å². The molecule has 108 valence electrons. The summed E-state index contributed by atoms with van der Waals surface area (Å²) < 4.78 is 6.69. The number of rotatable bonds is 6. The van der Waals surface area contributed by atoms with Gasteiger partial charge in [-0.1, -0.05) is 24.9 Å². The number of ether oxygens (including phenoxy) is 1. The van der Waals surface area contributed by atoms with Crippen molar-refractivity contribution >= 4 is 11.6 Å². The fourth-order valence-electron chi connectivity index (χ4n) is 2.01. The average molecular weight is 289 g/mol. The predicted octanol–water partition coefficient (Wildman–Crippen LogP) is 1.96. The van der Waals surface area contributed by atoms with Gasteiger partial charge in [-0.3, -0.25) is 14.3 Å². The number of H-pyrrole nitrogens is 1. The predicted molar refractivity (Wildman–Crippen MR) is 76.0 cm³/mol. The fourth-order valence-corrected chi connectivity index (χ4v) is 2.27. The second-order valence-corrected chi connectivity index (χ2v) is 5.43. The number of aromatic nitrogens is 2. The lowest BCUT2D eigenvalue weighted by Gasteiger charge is -2.25. The summed E-state index contributed by atoms with van der Waals surface area (Å²) in [6, 6.07) is 0. The number of nitrogens with one attached hydrogen (secondary N) is 1. The van der Waals surface area contributed by atoms with E-state index in [1.807, 2.05) is 27.7 Å². The third-order valence-electron chi connectivity index (χ3n) is 2.80. The maximum absolute atomic E-state index is 12.3. The van der Waals surface area contributed by atoms with Gasteiger partial charge in [-0.05, 0) is 27.2 Å². The van der Waals surface area contributed by atoms with Gasteiger partial charge in [-0.15, -0.1) is 0 Å². The molecule has 0 aliphatic rings. The molecule has 0 saturated carbocycles. The summed E-state index contributed by atoms with van der Waals surface area (Å²) in [4.78, 5) is 26.7. The minimum atomic E-state index is -0.580. The van der Waals surface area contributed by atoms with Gasteiger partial charge in [0.15, 0.2) is 0 Å². The molecule has 1 aromatic rings. The fraction of sp³-hybridized carbons (Fsp3) is 0.692. The van der Waals surface area contributed by atoms with E-state index in [0.29, 0.717) is 18.6 Å². The van der Waals surface area contributed by atoms with Crippen LogP contribution in [0.3, 0.4) is 0 Å². The lowest BCUT2D eigenvalue weighted by Crippen LogP contribution is -2.44. The zero-order valence-corrected chi connectivity index (χ0v) is 12.6. The van der Waals surface area contributed by atoms with Crippen LogP contribution >= 0.6 is 11.6 Å². The molecule has 0 aliphatic carbocycles. The van der Waals surface area contributed by atoms with E-state index in [0.717, 1.165) is 11.0 Å². The summed E-state index contributed by atoms with van der Waals surface area (Å²) >= 11 is 5.92. The number of nitrogens with zero attached hydrogens (tertiary/aromatic N) is 1. The van der Waals surface area contributed by atoms with E-state index in [9.17, 15) is 9.59 Å². The van der Waals surface area contributed by atoms with E-state index in [4.69, 9.17) is 16.3 Å². The van der Waals surface area contributed by atoms with E-state index >= 15 is 0 Å². The van der Waals surface area contributed by atoms with E-state index in [-0.39, 0.29) is 17.3 Å². The summed E-state index contributed by atoms with van der Waals surface area (Å²) in [5, 5.41) is 0.141. The smallest absolute Gasteiger partial charge is 0.329 e. The zero-order valence-electron chi connectivity index (χ0n) is 11.9. The van der Waals surface area contributed by atoms with Crippen LogP contribution in [0.1, 0.15) is 39.7 Å². The molecular weight excluding hydrogens is 268 g/mol. The van der Waals surface area contributed by atoms with E-state index in [1.165, 1.54) is 0 Å². The first-order chi connectivity index (χ1) is 8.82. The van der Waals surface area contributed by atoms with Crippen LogP contribution in [0, 0.1) is 0 Å². The van der Waals surface area contributed by atoms with Crippen molar-refractivity contribution in [1.82, 2.24) is 9.55 Å². The molecule has 5 nitrogen and oxygen atoms in total. The van der Waals surface area contributed by atoms with Gasteiger partial charge in [0.1, 0.15) is 5.15 Å². The minimum Gasteiger partial charge on any atom is -0.374 e. The second-order valence-electron chi connectivity index (χ2n) is 5.06. The van der Waals surface area contributed by atoms with E-state index in [1.54, 1.807) is 0 Å². The molecule has 0 atom stereocenters. The van der Waals surface area contributed by atoms with Crippen molar-refractivity contribution in [3.05, 3.63) is 31.6 Å². The Kier molecular flexibility index (Phi) is 5.38. The molecule has 6 heteroatoms. The Morgan fingerprint density at radius 2 is 1.95 bits per heavy atom. The minimum absolute atomic E-state index is 0.141. The first-order valence-electron chi connectivity index (χ1n) is 6.47. The van der Waals surface area contributed by atoms with Gasteiger partial charge in [0.05, 0.1) is 17.7 Å². The van der Waals surface area contributed by atoms with Gasteiger partial charge < -0.3 is 4.74 Å². The van der Waals surface area contributed by atoms with Crippen LogP contribution in [0.2, 0.25) is 5.15 Å². The number of hydrogen-bond acceptors (Lipinski definition) is 3. The first-order valence-corrected chi connectivity index (χ1v) is 6.85. The van der Waals surface area contributed by atoms with Crippen LogP contribution in [-0.4, -0.2) is 21.8 Å². The molecule has 0 aromatic carbocycles. The number of aromatic amines is 1. The van der Waals surface area contributed by atoms with Crippen molar-refractivity contribution < 1.29 is 4.74 Å². The highest BCUT2D eigenvalue weighted by Gasteiger charge is 2.22. The van der Waals surface area contributed by atoms with Crippen LogP contribution in [-0.2, 0) is 17.7 Å². The van der Waals surface area contributed by atoms with Crippen molar-refractivity contribution in [2.45, 2.75) is 52.7 Å². The highest BCUT2D eigenvalue weighted by Crippen LogP contribution is 2.12. The largest absolute Gasteiger partial charge is 0.374 e. The van der Waals surface area contributed by atoms with E-state index < -0.39 is 11.3 Å². The van der Waals surface area contributed by atoms with Crippen LogP contribution in [0.15, 0.2) is 9.59 Å². The topological polar surface area (TPSA) is 64.1 Å². The lowest BCUT2D eigenvalue weighted by atomic mass is 10.1. The number of halogens is 1. The standard InChI is InChI=1S/C13H21ClN2O3/c1-5-7-9-10(14)15-12(18)16(11(9)17)8-13(3,4)19-6-2/h5-8H2,1-4H3,(H,15,18). The summed E-state index contributed by atoms with van der Waals surface area (Å²) in [6.07, 6.45) is 1.33. The Labute approximate surface area is 117 Å². The van der Waals surface area contributed by atoms with Crippen LogP contribution < -0.4 is 11.2 Å². The molecule has 0 bridgehead atoms. The Balaban J connectivity index is 3.25. The molecule has 0 amide bonds. The number of hydrogen-bond donors (Lipinski definition) is 1. The van der Waals surface area contributed by atoms with Gasteiger partial charge in [-0.2, -0.15) is 0 Å². The molecule has 0 saturated heterocycles.